The Labute approximate surface area is 122 Å². The van der Waals surface area contributed by atoms with E-state index >= 15 is 0 Å². The Kier molecular flexibility index (Phi) is 5.15. The Morgan fingerprint density at radius 1 is 1.16 bits per heavy atom. The number of piperidine rings is 1. The monoisotopic (exact) mass is 308 g/mol. The lowest BCUT2D eigenvalue weighted by Gasteiger charge is -2.39. The third-order valence-electron chi connectivity index (χ3n) is 4.42. The second-order valence-corrected chi connectivity index (χ2v) is 8.55. The number of hydrogen-bond donors (Lipinski definition) is 0. The van der Waals surface area contributed by atoms with Crippen molar-refractivity contribution < 1.29 is 8.42 Å². The van der Waals surface area contributed by atoms with Gasteiger partial charge in [0, 0.05) is 26.2 Å². The molecule has 0 spiro atoms. The highest BCUT2D eigenvalue weighted by atomic mass is 35.5. The minimum absolute atomic E-state index is 0.0438. The smallest absolute Gasteiger partial charge is 0.195 e. The van der Waals surface area contributed by atoms with Gasteiger partial charge in [0.05, 0.1) is 5.38 Å². The second-order valence-electron chi connectivity index (χ2n) is 6.00. The lowest BCUT2D eigenvalue weighted by Crippen LogP contribution is -2.52. The average Bonchev–Trinajstić information content (AvgIpc) is 2.38. The minimum atomic E-state index is -3.35. The summed E-state index contributed by atoms with van der Waals surface area (Å²) in [6.07, 6.45) is 6.07. The first-order valence-corrected chi connectivity index (χ1v) is 9.13. The fourth-order valence-electron chi connectivity index (χ4n) is 3.18. The normalized spacial score (nSPS) is 34.6. The van der Waals surface area contributed by atoms with E-state index in [0.29, 0.717) is 19.0 Å². The van der Waals surface area contributed by atoms with E-state index in [2.05, 4.69) is 6.92 Å². The zero-order valence-corrected chi connectivity index (χ0v) is 13.5. The summed E-state index contributed by atoms with van der Waals surface area (Å²) in [6.45, 7) is 3.41. The van der Waals surface area contributed by atoms with Crippen LogP contribution in [0.3, 0.4) is 0 Å². The third kappa shape index (κ3) is 3.43. The first-order valence-electron chi connectivity index (χ1n) is 7.30. The standard InChI is InChI=1S/C13H25ClN2O2S/c1-11-6-5-9-16(10-11)19(17,18)15(2)13-8-4-3-7-12(13)14/h11-13H,3-10H2,1-2H3. The number of alkyl halides is 1. The highest BCUT2D eigenvalue weighted by Crippen LogP contribution is 2.30. The van der Waals surface area contributed by atoms with Gasteiger partial charge in [0.25, 0.3) is 10.2 Å². The lowest BCUT2D eigenvalue weighted by molar-refractivity contribution is 0.234. The van der Waals surface area contributed by atoms with Crippen molar-refractivity contribution in [2.75, 3.05) is 20.1 Å². The van der Waals surface area contributed by atoms with Crippen LogP contribution in [-0.4, -0.2) is 48.6 Å². The zero-order chi connectivity index (χ0) is 14.0. The van der Waals surface area contributed by atoms with E-state index in [4.69, 9.17) is 11.6 Å². The Bertz CT molecular complexity index is 401. The lowest BCUT2D eigenvalue weighted by atomic mass is 9.95. The molecule has 1 heterocycles. The summed E-state index contributed by atoms with van der Waals surface area (Å²) in [6, 6.07) is -0.0438. The van der Waals surface area contributed by atoms with Crippen LogP contribution in [0.2, 0.25) is 0 Å². The highest BCUT2D eigenvalue weighted by molar-refractivity contribution is 7.86. The molecule has 0 bridgehead atoms. The van der Waals surface area contributed by atoms with Gasteiger partial charge in [0.15, 0.2) is 0 Å². The van der Waals surface area contributed by atoms with Crippen molar-refractivity contribution in [2.24, 2.45) is 5.92 Å². The van der Waals surface area contributed by atoms with Crippen molar-refractivity contribution >= 4 is 21.8 Å². The third-order valence-corrected chi connectivity index (χ3v) is 6.92. The molecule has 0 aromatic heterocycles. The molecule has 2 rings (SSSR count). The van der Waals surface area contributed by atoms with Crippen molar-refractivity contribution in [1.82, 2.24) is 8.61 Å². The van der Waals surface area contributed by atoms with Gasteiger partial charge in [0.2, 0.25) is 0 Å². The largest absolute Gasteiger partial charge is 0.282 e. The molecule has 3 atom stereocenters. The van der Waals surface area contributed by atoms with Gasteiger partial charge in [-0.1, -0.05) is 19.8 Å². The molecule has 3 unspecified atom stereocenters. The van der Waals surface area contributed by atoms with E-state index in [1.165, 1.54) is 4.31 Å². The number of halogens is 1. The molecule has 0 aromatic rings. The Morgan fingerprint density at radius 2 is 1.84 bits per heavy atom. The Morgan fingerprint density at radius 3 is 2.47 bits per heavy atom. The number of rotatable bonds is 3. The van der Waals surface area contributed by atoms with E-state index in [1.54, 1.807) is 11.4 Å². The molecule has 1 aliphatic heterocycles. The van der Waals surface area contributed by atoms with Crippen LogP contribution in [0.1, 0.15) is 45.4 Å². The molecule has 1 saturated heterocycles. The molecule has 2 aliphatic rings. The van der Waals surface area contributed by atoms with Gasteiger partial charge < -0.3 is 0 Å². The van der Waals surface area contributed by atoms with Gasteiger partial charge in [-0.25, -0.2) is 0 Å². The second kappa shape index (κ2) is 6.29. The molecular formula is C13H25ClN2O2S. The van der Waals surface area contributed by atoms with Crippen LogP contribution in [0.15, 0.2) is 0 Å². The van der Waals surface area contributed by atoms with Crippen LogP contribution >= 0.6 is 11.6 Å². The topological polar surface area (TPSA) is 40.6 Å². The van der Waals surface area contributed by atoms with E-state index in [1.807, 2.05) is 0 Å². The molecular weight excluding hydrogens is 284 g/mol. The van der Waals surface area contributed by atoms with Gasteiger partial charge >= 0.3 is 0 Å². The summed E-state index contributed by atoms with van der Waals surface area (Å²) in [5.41, 5.74) is 0. The number of nitrogens with zero attached hydrogens (tertiary/aromatic N) is 2. The maximum Gasteiger partial charge on any atom is 0.282 e. The molecule has 6 heteroatoms. The maximum atomic E-state index is 12.7. The van der Waals surface area contributed by atoms with Crippen molar-refractivity contribution in [3.63, 3.8) is 0 Å². The zero-order valence-electron chi connectivity index (χ0n) is 11.9. The van der Waals surface area contributed by atoms with E-state index in [0.717, 1.165) is 38.5 Å². The van der Waals surface area contributed by atoms with Gasteiger partial charge in [-0.3, -0.25) is 0 Å². The van der Waals surface area contributed by atoms with E-state index < -0.39 is 10.2 Å². The minimum Gasteiger partial charge on any atom is -0.195 e. The number of hydrogen-bond acceptors (Lipinski definition) is 2. The summed E-state index contributed by atoms with van der Waals surface area (Å²) >= 11 is 6.33. The van der Waals surface area contributed by atoms with Crippen molar-refractivity contribution in [3.8, 4) is 0 Å². The van der Waals surface area contributed by atoms with Gasteiger partial charge in [0.1, 0.15) is 0 Å². The molecule has 4 nitrogen and oxygen atoms in total. The SMILES string of the molecule is CC1CCCN(S(=O)(=O)N(C)C2CCCCC2Cl)C1. The maximum absolute atomic E-state index is 12.7. The summed E-state index contributed by atoms with van der Waals surface area (Å²) in [5, 5.41) is -0.0456. The fourth-order valence-corrected chi connectivity index (χ4v) is 5.46. The van der Waals surface area contributed by atoms with Crippen LogP contribution in [0.25, 0.3) is 0 Å². The molecule has 0 aromatic carbocycles. The highest BCUT2D eigenvalue weighted by Gasteiger charge is 2.37. The molecule has 2 fully saturated rings. The summed E-state index contributed by atoms with van der Waals surface area (Å²) in [7, 11) is -1.65. The molecule has 0 amide bonds. The van der Waals surface area contributed by atoms with E-state index in [9.17, 15) is 8.42 Å². The quantitative estimate of drug-likeness (QED) is 0.751. The van der Waals surface area contributed by atoms with Crippen molar-refractivity contribution in [2.45, 2.75) is 56.9 Å². The van der Waals surface area contributed by atoms with Crippen LogP contribution < -0.4 is 0 Å². The first kappa shape index (κ1) is 15.5. The molecule has 19 heavy (non-hydrogen) atoms. The Balaban J connectivity index is 2.09. The van der Waals surface area contributed by atoms with Crippen molar-refractivity contribution in [1.29, 1.82) is 0 Å². The van der Waals surface area contributed by atoms with Crippen LogP contribution in [0, 0.1) is 5.92 Å². The van der Waals surface area contributed by atoms with Gasteiger partial charge in [-0.05, 0) is 31.6 Å². The molecule has 1 aliphatic carbocycles. The predicted octanol–water partition coefficient (Wildman–Crippen LogP) is 2.44. The van der Waals surface area contributed by atoms with Crippen LogP contribution in [-0.2, 0) is 10.2 Å². The van der Waals surface area contributed by atoms with Gasteiger partial charge in [-0.15, -0.1) is 11.6 Å². The predicted molar refractivity (Wildman–Crippen MR) is 78.6 cm³/mol. The molecule has 0 radical (unpaired) electrons. The molecule has 112 valence electrons. The summed E-state index contributed by atoms with van der Waals surface area (Å²) in [4.78, 5) is 0. The first-order chi connectivity index (χ1) is 8.93. The fraction of sp³-hybridized carbons (Fsp3) is 1.00. The van der Waals surface area contributed by atoms with E-state index in [-0.39, 0.29) is 11.4 Å². The van der Waals surface area contributed by atoms with Gasteiger partial charge in [-0.2, -0.15) is 17.0 Å². The van der Waals surface area contributed by atoms with Crippen LogP contribution in [0.4, 0.5) is 0 Å². The van der Waals surface area contributed by atoms with Crippen molar-refractivity contribution in [3.05, 3.63) is 0 Å². The average molecular weight is 309 g/mol. The summed E-state index contributed by atoms with van der Waals surface area (Å²) < 4.78 is 28.5. The van der Waals surface area contributed by atoms with Crippen LogP contribution in [0.5, 0.6) is 0 Å². The Hall–Kier alpha value is 0.160. The molecule has 1 saturated carbocycles. The summed E-state index contributed by atoms with van der Waals surface area (Å²) in [5.74, 6) is 0.454. The molecule has 0 N–H and O–H groups in total.